The number of nitrogens with one attached hydrogen (secondary N) is 2. The van der Waals surface area contributed by atoms with Crippen molar-refractivity contribution in [2.45, 2.75) is 6.10 Å². The molecule has 1 aromatic carbocycles. The zero-order chi connectivity index (χ0) is 12.3. The first-order valence-corrected chi connectivity index (χ1v) is 6.38. The number of halogens is 1. The fraction of sp³-hybridized carbons (Fsp3) is 0.417. The van der Waals surface area contributed by atoms with Gasteiger partial charge in [0.1, 0.15) is 0 Å². The van der Waals surface area contributed by atoms with E-state index in [0.717, 1.165) is 11.0 Å². The van der Waals surface area contributed by atoms with Crippen LogP contribution in [0.15, 0.2) is 28.7 Å². The van der Waals surface area contributed by atoms with E-state index in [2.05, 4.69) is 26.6 Å². The third-order valence-corrected chi connectivity index (χ3v) is 3.46. The van der Waals surface area contributed by atoms with Crippen molar-refractivity contribution in [2.75, 3.05) is 19.6 Å². The van der Waals surface area contributed by atoms with Crippen LogP contribution in [0.3, 0.4) is 0 Å². The van der Waals surface area contributed by atoms with Crippen molar-refractivity contribution in [3.63, 3.8) is 0 Å². The molecule has 17 heavy (non-hydrogen) atoms. The molecule has 0 spiro atoms. The summed E-state index contributed by atoms with van der Waals surface area (Å²) in [6.07, 6.45) is -0.361. The van der Waals surface area contributed by atoms with Crippen LogP contribution in [-0.2, 0) is 0 Å². The van der Waals surface area contributed by atoms with E-state index < -0.39 is 0 Å². The Balaban J connectivity index is 1.87. The van der Waals surface area contributed by atoms with Crippen LogP contribution in [0.5, 0.6) is 0 Å². The van der Waals surface area contributed by atoms with Gasteiger partial charge >= 0.3 is 0 Å². The number of aliphatic hydroxyl groups is 1. The van der Waals surface area contributed by atoms with E-state index in [1.807, 2.05) is 12.1 Å². The second-order valence-corrected chi connectivity index (χ2v) is 5.12. The van der Waals surface area contributed by atoms with Crippen LogP contribution in [0.2, 0.25) is 0 Å². The predicted octanol–water partition coefficient (Wildman–Crippen LogP) is 0.759. The highest BCUT2D eigenvalue weighted by Gasteiger charge is 2.25. The van der Waals surface area contributed by atoms with Gasteiger partial charge in [0, 0.05) is 35.6 Å². The third kappa shape index (κ3) is 3.28. The number of rotatable bonds is 3. The Morgan fingerprint density at radius 1 is 1.41 bits per heavy atom. The topological polar surface area (TPSA) is 61.4 Å². The van der Waals surface area contributed by atoms with Gasteiger partial charge in [0.2, 0.25) is 0 Å². The lowest BCUT2D eigenvalue weighted by Crippen LogP contribution is -2.34. The molecule has 1 aliphatic rings. The Hall–Kier alpha value is -0.910. The first-order valence-electron chi connectivity index (χ1n) is 5.59. The average Bonchev–Trinajstić information content (AvgIpc) is 2.73. The summed E-state index contributed by atoms with van der Waals surface area (Å²) in [7, 11) is 0. The SMILES string of the molecule is O=C(NCC1CNCC1O)c1ccc(Br)cc1. The Morgan fingerprint density at radius 3 is 2.71 bits per heavy atom. The van der Waals surface area contributed by atoms with Gasteiger partial charge in [-0.25, -0.2) is 0 Å². The van der Waals surface area contributed by atoms with E-state index in [9.17, 15) is 9.90 Å². The van der Waals surface area contributed by atoms with Gasteiger partial charge in [-0.3, -0.25) is 4.79 Å². The molecule has 2 atom stereocenters. The first kappa shape index (κ1) is 12.5. The summed E-state index contributed by atoms with van der Waals surface area (Å²) in [4.78, 5) is 11.8. The fourth-order valence-electron chi connectivity index (χ4n) is 1.85. The molecule has 1 aromatic rings. The van der Waals surface area contributed by atoms with Gasteiger partial charge in [-0.1, -0.05) is 15.9 Å². The molecule has 0 aliphatic carbocycles. The normalized spacial score (nSPS) is 23.6. The third-order valence-electron chi connectivity index (χ3n) is 2.94. The smallest absolute Gasteiger partial charge is 0.251 e. The van der Waals surface area contributed by atoms with E-state index in [1.165, 1.54) is 0 Å². The maximum Gasteiger partial charge on any atom is 0.251 e. The molecule has 1 saturated heterocycles. The molecular formula is C12H15BrN2O2. The average molecular weight is 299 g/mol. The highest BCUT2D eigenvalue weighted by molar-refractivity contribution is 9.10. The van der Waals surface area contributed by atoms with Crippen molar-refractivity contribution < 1.29 is 9.90 Å². The zero-order valence-electron chi connectivity index (χ0n) is 9.32. The van der Waals surface area contributed by atoms with E-state index >= 15 is 0 Å². The molecule has 1 aliphatic heterocycles. The van der Waals surface area contributed by atoms with Crippen LogP contribution in [0.4, 0.5) is 0 Å². The maximum absolute atomic E-state index is 11.8. The Kier molecular flexibility index (Phi) is 4.15. The van der Waals surface area contributed by atoms with Gasteiger partial charge in [0.05, 0.1) is 6.10 Å². The van der Waals surface area contributed by atoms with Crippen molar-refractivity contribution in [3.8, 4) is 0 Å². The zero-order valence-corrected chi connectivity index (χ0v) is 10.9. The summed E-state index contributed by atoms with van der Waals surface area (Å²) < 4.78 is 0.949. The number of β-amino-alcohol motifs (C(OH)–C–C–N with tert-alkyl or cyclic N) is 1. The van der Waals surface area contributed by atoms with Crippen LogP contribution in [0.25, 0.3) is 0 Å². The van der Waals surface area contributed by atoms with Crippen molar-refractivity contribution in [1.82, 2.24) is 10.6 Å². The molecule has 0 aromatic heterocycles. The summed E-state index contributed by atoms with van der Waals surface area (Å²) in [6.45, 7) is 1.86. The Labute approximate surface area is 109 Å². The number of hydrogen-bond acceptors (Lipinski definition) is 3. The number of aliphatic hydroxyl groups excluding tert-OH is 1. The largest absolute Gasteiger partial charge is 0.391 e. The molecule has 2 unspecified atom stereocenters. The molecule has 4 nitrogen and oxygen atoms in total. The van der Waals surface area contributed by atoms with Gasteiger partial charge in [-0.2, -0.15) is 0 Å². The summed E-state index contributed by atoms with van der Waals surface area (Å²) in [5.41, 5.74) is 0.633. The van der Waals surface area contributed by atoms with Crippen LogP contribution in [-0.4, -0.2) is 36.8 Å². The highest BCUT2D eigenvalue weighted by Crippen LogP contribution is 2.11. The lowest BCUT2D eigenvalue weighted by atomic mass is 10.1. The summed E-state index contributed by atoms with van der Waals surface area (Å²) in [6, 6.07) is 7.20. The minimum absolute atomic E-state index is 0.100. The number of carbonyl (C=O) groups excluding carboxylic acids is 1. The monoisotopic (exact) mass is 298 g/mol. The molecule has 1 heterocycles. The van der Waals surface area contributed by atoms with Crippen LogP contribution in [0, 0.1) is 5.92 Å². The van der Waals surface area contributed by atoms with Crippen LogP contribution >= 0.6 is 15.9 Å². The van der Waals surface area contributed by atoms with Gasteiger partial charge in [-0.15, -0.1) is 0 Å². The summed E-state index contributed by atoms with van der Waals surface area (Å²) >= 11 is 3.32. The van der Waals surface area contributed by atoms with E-state index in [-0.39, 0.29) is 17.9 Å². The molecule has 0 saturated carbocycles. The van der Waals surface area contributed by atoms with Crippen LogP contribution < -0.4 is 10.6 Å². The molecule has 1 fully saturated rings. The molecule has 1 amide bonds. The molecular weight excluding hydrogens is 284 g/mol. The van der Waals surface area contributed by atoms with Crippen LogP contribution in [0.1, 0.15) is 10.4 Å². The molecule has 0 bridgehead atoms. The molecule has 2 rings (SSSR count). The quantitative estimate of drug-likeness (QED) is 0.772. The first-order chi connectivity index (χ1) is 8.16. The molecule has 0 radical (unpaired) electrons. The Morgan fingerprint density at radius 2 is 2.12 bits per heavy atom. The van der Waals surface area contributed by atoms with Crippen molar-refractivity contribution in [3.05, 3.63) is 34.3 Å². The second-order valence-electron chi connectivity index (χ2n) is 4.20. The molecule has 5 heteroatoms. The molecule has 92 valence electrons. The summed E-state index contributed by atoms with van der Waals surface area (Å²) in [5, 5.41) is 15.5. The van der Waals surface area contributed by atoms with Crippen molar-refractivity contribution >= 4 is 21.8 Å². The van der Waals surface area contributed by atoms with Crippen molar-refractivity contribution in [1.29, 1.82) is 0 Å². The molecule has 3 N–H and O–H groups in total. The van der Waals surface area contributed by atoms with Gasteiger partial charge < -0.3 is 15.7 Å². The number of hydrogen-bond donors (Lipinski definition) is 3. The number of benzene rings is 1. The van der Waals surface area contributed by atoms with Gasteiger partial charge in [0.15, 0.2) is 0 Å². The van der Waals surface area contributed by atoms with Crippen molar-refractivity contribution in [2.24, 2.45) is 5.92 Å². The minimum Gasteiger partial charge on any atom is -0.391 e. The fourth-order valence-corrected chi connectivity index (χ4v) is 2.12. The minimum atomic E-state index is -0.361. The van der Waals surface area contributed by atoms with E-state index in [4.69, 9.17) is 0 Å². The number of carbonyl (C=O) groups is 1. The van der Waals surface area contributed by atoms with Gasteiger partial charge in [0.25, 0.3) is 5.91 Å². The van der Waals surface area contributed by atoms with E-state index in [1.54, 1.807) is 12.1 Å². The standard InChI is InChI=1S/C12H15BrN2O2/c13-10-3-1-8(2-4-10)12(17)15-6-9-5-14-7-11(9)16/h1-4,9,11,14,16H,5-7H2,(H,15,17). The van der Waals surface area contributed by atoms with Gasteiger partial charge in [-0.05, 0) is 24.3 Å². The summed E-state index contributed by atoms with van der Waals surface area (Å²) in [5.74, 6) is 0.00555. The maximum atomic E-state index is 11.8. The predicted molar refractivity (Wildman–Crippen MR) is 68.8 cm³/mol. The number of amides is 1. The lowest BCUT2D eigenvalue weighted by Gasteiger charge is -2.14. The second kappa shape index (κ2) is 5.62. The highest BCUT2D eigenvalue weighted by atomic mass is 79.9. The Bertz CT molecular complexity index is 394. The lowest BCUT2D eigenvalue weighted by molar-refractivity contribution is 0.0927. The van der Waals surface area contributed by atoms with E-state index in [0.29, 0.717) is 18.7 Å².